The van der Waals surface area contributed by atoms with Crippen LogP contribution in [0.4, 0.5) is 0 Å². The molecule has 0 atom stereocenters. The molecule has 0 N–H and O–H groups in total. The van der Waals surface area contributed by atoms with Crippen molar-refractivity contribution in [1.82, 2.24) is 4.90 Å². The van der Waals surface area contributed by atoms with Crippen molar-refractivity contribution in [3.63, 3.8) is 0 Å². The molecule has 198 valence electrons. The van der Waals surface area contributed by atoms with Crippen molar-refractivity contribution in [2.45, 2.75) is 25.7 Å². The van der Waals surface area contributed by atoms with E-state index in [9.17, 15) is 9.59 Å². The van der Waals surface area contributed by atoms with Crippen LogP contribution in [-0.2, 0) is 21.9 Å². The quantitative estimate of drug-likeness (QED) is 0.178. The van der Waals surface area contributed by atoms with Gasteiger partial charge in [-0.3, -0.25) is 14.5 Å². The number of esters is 1. The number of hydrogen-bond acceptors (Lipinski definition) is 6. The fourth-order valence-corrected chi connectivity index (χ4v) is 4.73. The Hall–Kier alpha value is -4.42. The summed E-state index contributed by atoms with van der Waals surface area (Å²) in [5.74, 6) is -0.411. The van der Waals surface area contributed by atoms with Crippen molar-refractivity contribution < 1.29 is 23.8 Å². The Bertz CT molecular complexity index is 1370. The first-order chi connectivity index (χ1) is 19.1. The van der Waals surface area contributed by atoms with Gasteiger partial charge in [-0.25, -0.2) is 0 Å². The minimum Gasteiger partial charge on any atom is -0.466 e. The molecule has 0 radical (unpaired) electrons. The lowest BCUT2D eigenvalue weighted by atomic mass is 9.97. The fourth-order valence-electron chi connectivity index (χ4n) is 4.73. The molecule has 0 saturated carbocycles. The maximum Gasteiger partial charge on any atom is 0.307 e. The van der Waals surface area contributed by atoms with E-state index in [-0.39, 0.29) is 24.7 Å². The van der Waals surface area contributed by atoms with Gasteiger partial charge in [0.15, 0.2) is 17.3 Å². The Morgan fingerprint density at radius 1 is 0.769 bits per heavy atom. The zero-order valence-electron chi connectivity index (χ0n) is 21.9. The monoisotopic (exact) mass is 521 g/mol. The third-order valence-electron chi connectivity index (χ3n) is 6.63. The van der Waals surface area contributed by atoms with Gasteiger partial charge in [-0.1, -0.05) is 91.0 Å². The second kappa shape index (κ2) is 12.0. The van der Waals surface area contributed by atoms with E-state index in [0.717, 1.165) is 16.7 Å². The van der Waals surface area contributed by atoms with E-state index in [1.165, 1.54) is 0 Å². The minimum atomic E-state index is -1.15. The molecule has 0 unspecified atom stereocenters. The molecule has 1 aliphatic heterocycles. The van der Waals surface area contributed by atoms with E-state index in [0.29, 0.717) is 36.8 Å². The predicted octanol–water partition coefficient (Wildman–Crippen LogP) is 6.00. The Morgan fingerprint density at radius 2 is 1.36 bits per heavy atom. The summed E-state index contributed by atoms with van der Waals surface area (Å²) < 4.78 is 18.1. The lowest BCUT2D eigenvalue weighted by Crippen LogP contribution is -2.36. The third kappa shape index (κ3) is 6.02. The van der Waals surface area contributed by atoms with E-state index in [1.807, 2.05) is 95.9 Å². The summed E-state index contributed by atoms with van der Waals surface area (Å²) in [5, 5.41) is 0. The van der Waals surface area contributed by atoms with Gasteiger partial charge < -0.3 is 14.2 Å². The number of carbonyl (C=O) groups is 2. The minimum absolute atomic E-state index is 0.0712. The predicted molar refractivity (Wildman–Crippen MR) is 149 cm³/mol. The number of nitrogens with zero attached hydrogens (tertiary/aromatic N) is 1. The van der Waals surface area contributed by atoms with Gasteiger partial charge in [0.05, 0.1) is 19.6 Å². The molecular weight excluding hydrogens is 490 g/mol. The SMILES string of the molecule is CCOC(=O)CCN(CC(=O)c1ccc2c(c1)OC(c1ccccc1)(c1ccccc1)O2)Cc1ccccc1. The summed E-state index contributed by atoms with van der Waals surface area (Å²) in [4.78, 5) is 27.4. The summed E-state index contributed by atoms with van der Waals surface area (Å²) in [7, 11) is 0. The molecule has 0 aromatic heterocycles. The first kappa shape index (κ1) is 26.2. The molecule has 0 aliphatic carbocycles. The molecule has 4 aromatic carbocycles. The van der Waals surface area contributed by atoms with Gasteiger partial charge in [0.25, 0.3) is 0 Å². The van der Waals surface area contributed by atoms with Gasteiger partial charge in [0.1, 0.15) is 0 Å². The van der Waals surface area contributed by atoms with Crippen molar-refractivity contribution in [2.75, 3.05) is 19.7 Å². The summed E-state index contributed by atoms with van der Waals surface area (Å²) in [6.07, 6.45) is 0.214. The molecule has 0 spiro atoms. The number of hydrogen-bond donors (Lipinski definition) is 0. The molecule has 6 heteroatoms. The molecule has 4 aromatic rings. The van der Waals surface area contributed by atoms with Crippen LogP contribution in [0.2, 0.25) is 0 Å². The highest BCUT2D eigenvalue weighted by Gasteiger charge is 2.45. The Labute approximate surface area is 228 Å². The van der Waals surface area contributed by atoms with Gasteiger partial charge in [-0.05, 0) is 30.7 Å². The molecule has 5 rings (SSSR count). The van der Waals surface area contributed by atoms with E-state index in [2.05, 4.69) is 0 Å². The maximum absolute atomic E-state index is 13.5. The number of rotatable bonds is 11. The molecule has 1 aliphatic rings. The van der Waals surface area contributed by atoms with Crippen LogP contribution in [0.1, 0.15) is 40.4 Å². The molecule has 1 heterocycles. The van der Waals surface area contributed by atoms with E-state index in [1.54, 1.807) is 25.1 Å². The van der Waals surface area contributed by atoms with Crippen LogP contribution in [0, 0.1) is 0 Å². The molecule has 0 bridgehead atoms. The fraction of sp³-hybridized carbons (Fsp3) is 0.212. The number of carbonyl (C=O) groups excluding carboxylic acids is 2. The zero-order chi connectivity index (χ0) is 27.1. The van der Waals surface area contributed by atoms with Crippen LogP contribution >= 0.6 is 0 Å². The average molecular weight is 522 g/mol. The third-order valence-corrected chi connectivity index (χ3v) is 6.63. The van der Waals surface area contributed by atoms with Gasteiger partial charge >= 0.3 is 11.8 Å². The first-order valence-corrected chi connectivity index (χ1v) is 13.2. The second-order valence-corrected chi connectivity index (χ2v) is 9.39. The van der Waals surface area contributed by atoms with Crippen LogP contribution in [-0.4, -0.2) is 36.3 Å². The largest absolute Gasteiger partial charge is 0.466 e. The number of ether oxygens (including phenoxy) is 3. The van der Waals surface area contributed by atoms with Crippen molar-refractivity contribution in [2.24, 2.45) is 0 Å². The Kier molecular flexibility index (Phi) is 8.04. The smallest absolute Gasteiger partial charge is 0.307 e. The highest BCUT2D eigenvalue weighted by atomic mass is 16.7. The first-order valence-electron chi connectivity index (χ1n) is 13.2. The van der Waals surface area contributed by atoms with Crippen LogP contribution in [0.25, 0.3) is 0 Å². The van der Waals surface area contributed by atoms with Crippen molar-refractivity contribution in [3.05, 3.63) is 131 Å². The van der Waals surface area contributed by atoms with E-state index >= 15 is 0 Å². The van der Waals surface area contributed by atoms with E-state index in [4.69, 9.17) is 14.2 Å². The van der Waals surface area contributed by atoms with E-state index < -0.39 is 5.79 Å². The van der Waals surface area contributed by atoms with Crippen LogP contribution in [0.15, 0.2) is 109 Å². The number of benzene rings is 4. The second-order valence-electron chi connectivity index (χ2n) is 9.39. The van der Waals surface area contributed by atoms with Gasteiger partial charge in [0, 0.05) is 29.8 Å². The zero-order valence-corrected chi connectivity index (χ0v) is 21.9. The van der Waals surface area contributed by atoms with Crippen molar-refractivity contribution in [3.8, 4) is 11.5 Å². The maximum atomic E-state index is 13.5. The van der Waals surface area contributed by atoms with Crippen LogP contribution in [0.3, 0.4) is 0 Å². The van der Waals surface area contributed by atoms with Crippen molar-refractivity contribution >= 4 is 11.8 Å². The highest BCUT2D eigenvalue weighted by molar-refractivity contribution is 5.98. The van der Waals surface area contributed by atoms with Gasteiger partial charge in [0.2, 0.25) is 0 Å². The standard InChI is InChI=1S/C33H31NO5/c1-2-37-32(36)20-21-34(23-25-12-6-3-7-13-25)24-29(35)26-18-19-30-31(22-26)39-33(38-30,27-14-8-4-9-15-27)28-16-10-5-11-17-28/h3-19,22H,2,20-21,23-24H2,1H3. The molecule has 0 amide bonds. The molecule has 0 fully saturated rings. The lowest BCUT2D eigenvalue weighted by molar-refractivity contribution is -0.143. The summed E-state index contributed by atoms with van der Waals surface area (Å²) in [5.41, 5.74) is 3.29. The normalized spacial score (nSPS) is 13.3. The molecule has 0 saturated heterocycles. The number of fused-ring (bicyclic) bond motifs is 1. The number of ketones is 1. The summed E-state index contributed by atoms with van der Waals surface area (Å²) in [6.45, 7) is 3.22. The summed E-state index contributed by atoms with van der Waals surface area (Å²) >= 11 is 0. The molecule has 39 heavy (non-hydrogen) atoms. The highest BCUT2D eigenvalue weighted by Crippen LogP contribution is 2.47. The Morgan fingerprint density at radius 3 is 1.97 bits per heavy atom. The van der Waals surface area contributed by atoms with Gasteiger partial charge in [-0.2, -0.15) is 0 Å². The van der Waals surface area contributed by atoms with Gasteiger partial charge in [-0.15, -0.1) is 0 Å². The molecular formula is C33H31NO5. The Balaban J connectivity index is 1.37. The lowest BCUT2D eigenvalue weighted by Gasteiger charge is -2.28. The number of Topliss-reactive ketones (excluding diaryl/α,β-unsaturated/α-hetero) is 1. The summed E-state index contributed by atoms with van der Waals surface area (Å²) in [6, 6.07) is 34.8. The van der Waals surface area contributed by atoms with Crippen LogP contribution in [0.5, 0.6) is 11.5 Å². The van der Waals surface area contributed by atoms with Crippen molar-refractivity contribution in [1.29, 1.82) is 0 Å². The topological polar surface area (TPSA) is 65.1 Å². The average Bonchev–Trinajstić information content (AvgIpc) is 3.38. The molecule has 6 nitrogen and oxygen atoms in total. The van der Waals surface area contributed by atoms with Crippen LogP contribution < -0.4 is 9.47 Å².